The molecule has 0 heterocycles. The van der Waals surface area contributed by atoms with Crippen molar-refractivity contribution in [3.8, 4) is 0 Å². The van der Waals surface area contributed by atoms with Gasteiger partial charge in [0.05, 0.1) is 0 Å². The van der Waals surface area contributed by atoms with Gasteiger partial charge in [0.2, 0.25) is 0 Å². The van der Waals surface area contributed by atoms with Crippen LogP contribution in [0.3, 0.4) is 0 Å². The smallest absolute Gasteiger partial charge is 0.191 e. The van der Waals surface area contributed by atoms with Crippen LogP contribution in [0.4, 0.5) is 0 Å². The summed E-state index contributed by atoms with van der Waals surface area (Å²) in [5.74, 6) is 1.62. The van der Waals surface area contributed by atoms with E-state index in [4.69, 9.17) is 0 Å². The van der Waals surface area contributed by atoms with Crippen molar-refractivity contribution in [3.63, 3.8) is 0 Å². The molecule has 1 saturated carbocycles. The number of guanidine groups is 1. The Morgan fingerprint density at radius 2 is 1.89 bits per heavy atom. The predicted molar refractivity (Wildman–Crippen MR) is 129 cm³/mol. The minimum Gasteiger partial charge on any atom is -0.356 e. The van der Waals surface area contributed by atoms with Gasteiger partial charge >= 0.3 is 0 Å². The van der Waals surface area contributed by atoms with Gasteiger partial charge in [-0.1, -0.05) is 31.0 Å². The minimum atomic E-state index is -0.689. The van der Waals surface area contributed by atoms with Gasteiger partial charge in [-0.2, -0.15) is 0 Å². The van der Waals surface area contributed by atoms with Crippen LogP contribution in [0.5, 0.6) is 0 Å². The van der Waals surface area contributed by atoms with Crippen molar-refractivity contribution in [1.29, 1.82) is 0 Å². The van der Waals surface area contributed by atoms with Gasteiger partial charge in [-0.05, 0) is 63.1 Å². The molecule has 0 bridgehead atoms. The molecule has 0 aliphatic heterocycles. The molecule has 3 atom stereocenters. The van der Waals surface area contributed by atoms with E-state index in [1.54, 1.807) is 0 Å². The summed E-state index contributed by atoms with van der Waals surface area (Å²) in [4.78, 5) is 4.38. The number of aryl methyl sites for hydroxylation is 3. The molecule has 0 saturated heterocycles. The quantitative estimate of drug-likeness (QED) is 0.349. The molecule has 2 N–H and O–H groups in total. The number of nitrogens with zero attached hydrogens (tertiary/aromatic N) is 1. The van der Waals surface area contributed by atoms with E-state index in [-0.39, 0.29) is 24.0 Å². The van der Waals surface area contributed by atoms with Crippen LogP contribution in [0.1, 0.15) is 54.9 Å². The molecule has 1 fully saturated rings. The molecule has 3 unspecified atom stereocenters. The van der Waals surface area contributed by atoms with Crippen LogP contribution < -0.4 is 10.6 Å². The van der Waals surface area contributed by atoms with Crippen molar-refractivity contribution in [1.82, 2.24) is 10.6 Å². The maximum absolute atomic E-state index is 12.1. The van der Waals surface area contributed by atoms with E-state index in [1.807, 2.05) is 14.0 Å². The van der Waals surface area contributed by atoms with Crippen LogP contribution >= 0.6 is 24.0 Å². The fourth-order valence-corrected chi connectivity index (χ4v) is 5.40. The molecule has 0 aromatic heterocycles. The van der Waals surface area contributed by atoms with E-state index in [2.05, 4.69) is 48.5 Å². The highest BCUT2D eigenvalue weighted by molar-refractivity contribution is 14.0. The van der Waals surface area contributed by atoms with Crippen LogP contribution in [0.25, 0.3) is 0 Å². The lowest BCUT2D eigenvalue weighted by Gasteiger charge is -2.30. The highest BCUT2D eigenvalue weighted by atomic mass is 127. The zero-order valence-electron chi connectivity index (χ0n) is 17.4. The zero-order chi connectivity index (χ0) is 19.1. The maximum atomic E-state index is 12.1. The Hall–Kier alpha value is -0.630. The minimum absolute atomic E-state index is 0. The third-order valence-electron chi connectivity index (χ3n) is 5.35. The first kappa shape index (κ1) is 24.4. The summed E-state index contributed by atoms with van der Waals surface area (Å²) in [6.45, 7) is 9.41. The molecule has 1 aromatic carbocycles. The summed E-state index contributed by atoms with van der Waals surface area (Å²) < 4.78 is 12.1. The first-order valence-corrected chi connectivity index (χ1v) is 11.2. The maximum Gasteiger partial charge on any atom is 0.191 e. The normalized spacial score (nSPS) is 21.3. The Morgan fingerprint density at radius 3 is 2.48 bits per heavy atom. The lowest BCUT2D eigenvalue weighted by atomic mass is 9.95. The molecule has 6 heteroatoms. The number of benzene rings is 1. The largest absolute Gasteiger partial charge is 0.356 e. The number of nitrogens with one attached hydrogen (secondary N) is 2. The van der Waals surface area contributed by atoms with Gasteiger partial charge in [-0.15, -0.1) is 24.0 Å². The number of halogens is 1. The van der Waals surface area contributed by atoms with Gasteiger partial charge in [-0.25, -0.2) is 0 Å². The lowest BCUT2D eigenvalue weighted by Crippen LogP contribution is -2.47. The second-order valence-corrected chi connectivity index (χ2v) is 9.43. The van der Waals surface area contributed by atoms with Crippen molar-refractivity contribution in [2.45, 2.75) is 71.1 Å². The summed E-state index contributed by atoms with van der Waals surface area (Å²) in [5, 5.41) is 7.33. The summed E-state index contributed by atoms with van der Waals surface area (Å²) >= 11 is 0. The summed E-state index contributed by atoms with van der Waals surface area (Å²) in [6, 6.07) is 4.88. The van der Waals surface area contributed by atoms with Crippen molar-refractivity contribution in [2.24, 2.45) is 4.99 Å². The average molecular weight is 506 g/mol. The summed E-state index contributed by atoms with van der Waals surface area (Å²) in [7, 11) is 1.13. The van der Waals surface area contributed by atoms with Crippen LogP contribution in [-0.2, 0) is 17.2 Å². The molecule has 1 aliphatic carbocycles. The van der Waals surface area contributed by atoms with Crippen LogP contribution in [0, 0.1) is 20.8 Å². The van der Waals surface area contributed by atoms with Gasteiger partial charge < -0.3 is 10.6 Å². The van der Waals surface area contributed by atoms with E-state index in [0.29, 0.717) is 11.3 Å². The number of hydrogen-bond acceptors (Lipinski definition) is 2. The van der Waals surface area contributed by atoms with E-state index < -0.39 is 10.8 Å². The summed E-state index contributed by atoms with van der Waals surface area (Å²) in [6.07, 6.45) is 5.35. The molecule has 154 valence electrons. The van der Waals surface area contributed by atoms with Gasteiger partial charge in [0, 0.05) is 41.4 Å². The monoisotopic (exact) mass is 505 g/mol. The molecule has 0 spiro atoms. The first-order valence-electron chi connectivity index (χ1n) is 9.85. The third kappa shape index (κ3) is 7.37. The number of hydrogen-bond donors (Lipinski definition) is 2. The predicted octanol–water partition coefficient (Wildman–Crippen LogP) is 4.02. The van der Waals surface area contributed by atoms with E-state index in [1.165, 1.54) is 22.3 Å². The Kier molecular flexibility index (Phi) is 10.9. The molecule has 4 nitrogen and oxygen atoms in total. The van der Waals surface area contributed by atoms with Gasteiger partial charge in [0.1, 0.15) is 0 Å². The topological polar surface area (TPSA) is 53.5 Å². The third-order valence-corrected chi connectivity index (χ3v) is 7.10. The van der Waals surface area contributed by atoms with Crippen molar-refractivity contribution < 1.29 is 4.21 Å². The molecule has 1 aromatic rings. The van der Waals surface area contributed by atoms with Crippen molar-refractivity contribution >= 4 is 40.7 Å². The van der Waals surface area contributed by atoms with Crippen LogP contribution in [0.2, 0.25) is 0 Å². The van der Waals surface area contributed by atoms with Crippen LogP contribution in [0.15, 0.2) is 17.1 Å². The molecular formula is C21H36IN3OS. The fourth-order valence-electron chi connectivity index (χ4n) is 4.05. The van der Waals surface area contributed by atoms with Crippen molar-refractivity contribution in [2.75, 3.05) is 19.3 Å². The Bertz CT molecular complexity index is 640. The fraction of sp³-hybridized carbons (Fsp3) is 0.667. The molecule has 2 rings (SSSR count). The van der Waals surface area contributed by atoms with E-state index in [0.717, 1.165) is 50.4 Å². The Labute approximate surface area is 184 Å². The second-order valence-electron chi connectivity index (χ2n) is 7.43. The number of rotatable bonds is 6. The molecule has 27 heavy (non-hydrogen) atoms. The number of aliphatic imine (C=N–C) groups is 1. The van der Waals surface area contributed by atoms with Crippen LogP contribution in [-0.4, -0.2) is 40.8 Å². The molecule has 0 radical (unpaired) electrons. The molecule has 0 amide bonds. The van der Waals surface area contributed by atoms with Crippen molar-refractivity contribution in [3.05, 3.63) is 34.4 Å². The highest BCUT2D eigenvalue weighted by Gasteiger charge is 2.25. The second kappa shape index (κ2) is 12.0. The first-order chi connectivity index (χ1) is 12.4. The van der Waals surface area contributed by atoms with Gasteiger partial charge in [0.15, 0.2) is 5.96 Å². The van der Waals surface area contributed by atoms with E-state index >= 15 is 0 Å². The zero-order valence-corrected chi connectivity index (χ0v) is 20.6. The SMILES string of the molecule is CCS(=O)C1CCCC(NC(=NC)NCCc2c(C)cc(C)cc2C)C1.I. The average Bonchev–Trinajstić information content (AvgIpc) is 2.62. The summed E-state index contributed by atoms with van der Waals surface area (Å²) in [5.41, 5.74) is 5.48. The van der Waals surface area contributed by atoms with Gasteiger partial charge in [-0.3, -0.25) is 9.20 Å². The standard InChI is InChI=1S/C21H35N3OS.HI/c1-6-26(25)19-9-7-8-18(14-19)24-21(22-5)23-11-10-20-16(3)12-15(2)13-17(20)4;/h12-13,18-19H,6-11,14H2,1-5H3,(H2,22,23,24);1H. The Morgan fingerprint density at radius 1 is 1.22 bits per heavy atom. The highest BCUT2D eigenvalue weighted by Crippen LogP contribution is 2.23. The lowest BCUT2D eigenvalue weighted by molar-refractivity contribution is 0.413. The molecule has 1 aliphatic rings. The molecular weight excluding hydrogens is 469 g/mol. The van der Waals surface area contributed by atoms with Gasteiger partial charge in [0.25, 0.3) is 0 Å². The Balaban J connectivity index is 0.00000364. The van der Waals surface area contributed by atoms with E-state index in [9.17, 15) is 4.21 Å².